The normalized spacial score (nSPS) is 18.9. The monoisotopic (exact) mass is 210 g/mol. The molecule has 1 aromatic rings. The van der Waals surface area contributed by atoms with E-state index in [0.29, 0.717) is 18.3 Å². The molecule has 0 bridgehead atoms. The summed E-state index contributed by atoms with van der Waals surface area (Å²) in [6.07, 6.45) is 0. The van der Waals surface area contributed by atoms with E-state index in [1.165, 1.54) is 13.2 Å². The van der Waals surface area contributed by atoms with Crippen molar-refractivity contribution < 1.29 is 13.9 Å². The molecular formula is C12H15FO2. The summed E-state index contributed by atoms with van der Waals surface area (Å²) in [6, 6.07) is 3.07. The summed E-state index contributed by atoms with van der Waals surface area (Å²) in [5, 5.41) is 0. The highest BCUT2D eigenvalue weighted by Gasteiger charge is 2.31. The first-order valence-corrected chi connectivity index (χ1v) is 5.14. The largest absolute Gasteiger partial charge is 0.493 e. The molecule has 0 spiro atoms. The molecule has 1 atom stereocenters. The minimum Gasteiger partial charge on any atom is -0.493 e. The second-order valence-corrected chi connectivity index (χ2v) is 4.15. The molecule has 1 unspecified atom stereocenters. The lowest BCUT2D eigenvalue weighted by molar-refractivity contribution is 0.302. The zero-order chi connectivity index (χ0) is 11.0. The van der Waals surface area contributed by atoms with E-state index in [1.807, 2.05) is 0 Å². The molecule has 0 saturated carbocycles. The smallest absolute Gasteiger partial charge is 0.165 e. The molecule has 3 heteroatoms. The van der Waals surface area contributed by atoms with Crippen molar-refractivity contribution in [2.45, 2.75) is 19.8 Å². The Morgan fingerprint density at radius 2 is 2.20 bits per heavy atom. The SMILES string of the molecule is COc1c(F)ccc2c1C(C(C)C)CO2. The number of hydrogen-bond donors (Lipinski definition) is 0. The van der Waals surface area contributed by atoms with E-state index in [9.17, 15) is 4.39 Å². The van der Waals surface area contributed by atoms with Gasteiger partial charge in [0, 0.05) is 11.5 Å². The van der Waals surface area contributed by atoms with E-state index in [1.54, 1.807) is 6.07 Å². The van der Waals surface area contributed by atoms with Crippen LogP contribution in [0, 0.1) is 11.7 Å². The van der Waals surface area contributed by atoms with Gasteiger partial charge < -0.3 is 9.47 Å². The third kappa shape index (κ3) is 1.56. The van der Waals surface area contributed by atoms with E-state index in [-0.39, 0.29) is 11.7 Å². The Morgan fingerprint density at radius 1 is 1.47 bits per heavy atom. The average molecular weight is 210 g/mol. The van der Waals surface area contributed by atoms with Crippen molar-refractivity contribution in [3.05, 3.63) is 23.5 Å². The highest BCUT2D eigenvalue weighted by atomic mass is 19.1. The van der Waals surface area contributed by atoms with Crippen molar-refractivity contribution in [1.29, 1.82) is 0 Å². The van der Waals surface area contributed by atoms with Crippen LogP contribution in [0.2, 0.25) is 0 Å². The number of halogens is 1. The van der Waals surface area contributed by atoms with Crippen LogP contribution in [-0.2, 0) is 0 Å². The van der Waals surface area contributed by atoms with Gasteiger partial charge in [0.25, 0.3) is 0 Å². The predicted octanol–water partition coefficient (Wildman–Crippen LogP) is 2.97. The minimum absolute atomic E-state index is 0.227. The summed E-state index contributed by atoms with van der Waals surface area (Å²) in [5.41, 5.74) is 0.882. The van der Waals surface area contributed by atoms with Gasteiger partial charge in [-0.1, -0.05) is 13.8 Å². The maximum absolute atomic E-state index is 13.5. The van der Waals surface area contributed by atoms with Crippen LogP contribution in [0.25, 0.3) is 0 Å². The van der Waals surface area contributed by atoms with Gasteiger partial charge in [-0.25, -0.2) is 4.39 Å². The molecule has 1 aliphatic rings. The quantitative estimate of drug-likeness (QED) is 0.747. The van der Waals surface area contributed by atoms with Crippen LogP contribution in [0.5, 0.6) is 11.5 Å². The van der Waals surface area contributed by atoms with Crippen molar-refractivity contribution in [2.24, 2.45) is 5.92 Å². The number of fused-ring (bicyclic) bond motifs is 1. The van der Waals surface area contributed by atoms with E-state index < -0.39 is 0 Å². The minimum atomic E-state index is -0.313. The molecule has 82 valence electrons. The highest BCUT2D eigenvalue weighted by Crippen LogP contribution is 2.44. The van der Waals surface area contributed by atoms with E-state index in [4.69, 9.17) is 9.47 Å². The molecule has 0 saturated heterocycles. The molecule has 0 radical (unpaired) electrons. The fourth-order valence-electron chi connectivity index (χ4n) is 2.03. The molecule has 1 aliphatic heterocycles. The summed E-state index contributed by atoms with van der Waals surface area (Å²) >= 11 is 0. The lowest BCUT2D eigenvalue weighted by Crippen LogP contribution is -2.09. The summed E-state index contributed by atoms with van der Waals surface area (Å²) < 4.78 is 24.1. The van der Waals surface area contributed by atoms with E-state index in [0.717, 1.165) is 11.3 Å². The lowest BCUT2D eigenvalue weighted by atomic mass is 9.89. The number of benzene rings is 1. The Bertz CT molecular complexity index is 374. The van der Waals surface area contributed by atoms with Gasteiger partial charge in [-0.15, -0.1) is 0 Å². The second kappa shape index (κ2) is 3.72. The van der Waals surface area contributed by atoms with Crippen molar-refractivity contribution in [2.75, 3.05) is 13.7 Å². The second-order valence-electron chi connectivity index (χ2n) is 4.15. The molecule has 1 heterocycles. The van der Waals surface area contributed by atoms with Crippen LogP contribution in [0.4, 0.5) is 4.39 Å². The van der Waals surface area contributed by atoms with Gasteiger partial charge >= 0.3 is 0 Å². The van der Waals surface area contributed by atoms with Gasteiger partial charge in [-0.2, -0.15) is 0 Å². The van der Waals surface area contributed by atoms with Crippen molar-refractivity contribution >= 4 is 0 Å². The molecule has 0 N–H and O–H groups in total. The summed E-state index contributed by atoms with van der Waals surface area (Å²) in [5.74, 6) is 1.43. The van der Waals surface area contributed by atoms with Crippen molar-refractivity contribution in [1.82, 2.24) is 0 Å². The number of methoxy groups -OCH3 is 1. The van der Waals surface area contributed by atoms with Crippen molar-refractivity contribution in [3.8, 4) is 11.5 Å². The number of ether oxygens (including phenoxy) is 2. The molecule has 2 nitrogen and oxygen atoms in total. The lowest BCUT2D eigenvalue weighted by Gasteiger charge is -2.15. The van der Waals surface area contributed by atoms with Crippen LogP contribution in [0.15, 0.2) is 12.1 Å². The molecule has 0 aromatic heterocycles. The first kappa shape index (κ1) is 10.3. The zero-order valence-electron chi connectivity index (χ0n) is 9.21. The first-order valence-electron chi connectivity index (χ1n) is 5.14. The molecule has 0 amide bonds. The van der Waals surface area contributed by atoms with Crippen LogP contribution in [-0.4, -0.2) is 13.7 Å². The zero-order valence-corrected chi connectivity index (χ0v) is 9.21. The van der Waals surface area contributed by atoms with Gasteiger partial charge in [0.1, 0.15) is 5.75 Å². The molecule has 0 aliphatic carbocycles. The van der Waals surface area contributed by atoms with E-state index >= 15 is 0 Å². The molecular weight excluding hydrogens is 195 g/mol. The Morgan fingerprint density at radius 3 is 2.80 bits per heavy atom. The van der Waals surface area contributed by atoms with Gasteiger partial charge in [0.05, 0.1) is 13.7 Å². The van der Waals surface area contributed by atoms with Gasteiger partial charge in [0.15, 0.2) is 11.6 Å². The third-order valence-electron chi connectivity index (χ3n) is 2.91. The topological polar surface area (TPSA) is 18.5 Å². The van der Waals surface area contributed by atoms with Crippen LogP contribution in [0.1, 0.15) is 25.3 Å². The Labute approximate surface area is 89.0 Å². The highest BCUT2D eigenvalue weighted by molar-refractivity contribution is 5.50. The predicted molar refractivity (Wildman–Crippen MR) is 56.0 cm³/mol. The molecule has 1 aromatic carbocycles. The summed E-state index contributed by atoms with van der Waals surface area (Å²) in [6.45, 7) is 4.83. The number of rotatable bonds is 2. The maximum Gasteiger partial charge on any atom is 0.165 e. The number of hydrogen-bond acceptors (Lipinski definition) is 2. The van der Waals surface area contributed by atoms with Crippen LogP contribution in [0.3, 0.4) is 0 Å². The molecule has 0 fully saturated rings. The van der Waals surface area contributed by atoms with Crippen LogP contribution >= 0.6 is 0 Å². The fraction of sp³-hybridized carbons (Fsp3) is 0.500. The Kier molecular flexibility index (Phi) is 2.55. The average Bonchev–Trinajstić information content (AvgIpc) is 2.61. The Balaban J connectivity index is 2.53. The maximum atomic E-state index is 13.5. The summed E-state index contributed by atoms with van der Waals surface area (Å²) in [7, 11) is 1.49. The molecule has 15 heavy (non-hydrogen) atoms. The van der Waals surface area contributed by atoms with Gasteiger partial charge in [-0.05, 0) is 18.1 Å². The van der Waals surface area contributed by atoms with Crippen LogP contribution < -0.4 is 9.47 Å². The van der Waals surface area contributed by atoms with E-state index in [2.05, 4.69) is 13.8 Å². The van der Waals surface area contributed by atoms with Gasteiger partial charge in [-0.3, -0.25) is 0 Å². The first-order chi connectivity index (χ1) is 7.15. The standard InChI is InChI=1S/C12H15FO2/c1-7(2)8-6-15-10-5-4-9(13)12(14-3)11(8)10/h4-5,7-8H,6H2,1-3H3. The van der Waals surface area contributed by atoms with Crippen molar-refractivity contribution in [3.63, 3.8) is 0 Å². The third-order valence-corrected chi connectivity index (χ3v) is 2.91. The Hall–Kier alpha value is -1.25. The molecule has 2 rings (SSSR count). The summed E-state index contributed by atoms with van der Waals surface area (Å²) in [4.78, 5) is 0. The fourth-order valence-corrected chi connectivity index (χ4v) is 2.03. The van der Waals surface area contributed by atoms with Gasteiger partial charge in [0.2, 0.25) is 0 Å².